The highest BCUT2D eigenvalue weighted by Crippen LogP contribution is 2.25. The summed E-state index contributed by atoms with van der Waals surface area (Å²) in [5.41, 5.74) is 0.160. The Bertz CT molecular complexity index is 310. The second-order valence-electron chi connectivity index (χ2n) is 3.71. The van der Waals surface area contributed by atoms with Crippen LogP contribution in [-0.4, -0.2) is 17.7 Å². The number of nitrogens with one attached hydrogen (secondary N) is 1. The summed E-state index contributed by atoms with van der Waals surface area (Å²) in [7, 11) is 0. The van der Waals surface area contributed by atoms with E-state index in [0.29, 0.717) is 6.54 Å². The molecule has 1 aromatic rings. The molecule has 84 valence electrons. The van der Waals surface area contributed by atoms with Crippen molar-refractivity contribution in [1.82, 2.24) is 5.32 Å². The highest BCUT2D eigenvalue weighted by molar-refractivity contribution is 6.31. The molecule has 1 atom stereocenters. The van der Waals surface area contributed by atoms with E-state index in [4.69, 9.17) is 11.6 Å². The number of aliphatic hydroxyl groups excluding tert-OH is 1. The minimum Gasteiger partial charge on any atom is -0.387 e. The largest absolute Gasteiger partial charge is 0.387 e. The SMILES string of the molecule is CC(C)NCC(O)c1c(F)cccc1Cl. The van der Waals surface area contributed by atoms with Crippen LogP contribution in [0.3, 0.4) is 0 Å². The first-order valence-corrected chi connectivity index (χ1v) is 5.25. The van der Waals surface area contributed by atoms with Gasteiger partial charge in [-0.15, -0.1) is 0 Å². The fourth-order valence-corrected chi connectivity index (χ4v) is 1.57. The lowest BCUT2D eigenvalue weighted by molar-refractivity contribution is 0.167. The second kappa shape index (κ2) is 5.45. The molecule has 0 bridgehead atoms. The first kappa shape index (κ1) is 12.4. The topological polar surface area (TPSA) is 32.3 Å². The third-order valence-electron chi connectivity index (χ3n) is 2.05. The predicted molar refractivity (Wildman–Crippen MR) is 59.5 cm³/mol. The molecule has 0 aliphatic rings. The summed E-state index contributed by atoms with van der Waals surface area (Å²) in [6, 6.07) is 4.62. The third-order valence-corrected chi connectivity index (χ3v) is 2.38. The highest BCUT2D eigenvalue weighted by atomic mass is 35.5. The van der Waals surface area contributed by atoms with Gasteiger partial charge in [0.05, 0.1) is 6.10 Å². The van der Waals surface area contributed by atoms with Crippen LogP contribution in [0.4, 0.5) is 4.39 Å². The predicted octanol–water partition coefficient (Wildman–Crippen LogP) is 2.51. The van der Waals surface area contributed by atoms with Gasteiger partial charge in [-0.2, -0.15) is 0 Å². The lowest BCUT2D eigenvalue weighted by Gasteiger charge is -2.16. The maximum absolute atomic E-state index is 13.4. The molecule has 1 rings (SSSR count). The van der Waals surface area contributed by atoms with Gasteiger partial charge in [-0.05, 0) is 12.1 Å². The molecule has 0 aromatic heterocycles. The Labute approximate surface area is 94.1 Å². The van der Waals surface area contributed by atoms with E-state index in [-0.39, 0.29) is 16.6 Å². The number of hydrogen-bond acceptors (Lipinski definition) is 2. The zero-order valence-corrected chi connectivity index (χ0v) is 9.55. The van der Waals surface area contributed by atoms with Gasteiger partial charge in [0.2, 0.25) is 0 Å². The molecule has 2 nitrogen and oxygen atoms in total. The summed E-state index contributed by atoms with van der Waals surface area (Å²) in [4.78, 5) is 0. The van der Waals surface area contributed by atoms with Crippen molar-refractivity contribution in [3.63, 3.8) is 0 Å². The summed E-state index contributed by atoms with van der Waals surface area (Å²) in [5, 5.41) is 13.0. The molecule has 4 heteroatoms. The van der Waals surface area contributed by atoms with Gasteiger partial charge in [0.1, 0.15) is 5.82 Å². The Hall–Kier alpha value is -0.640. The average molecular weight is 232 g/mol. The van der Waals surface area contributed by atoms with Crippen LogP contribution in [0.1, 0.15) is 25.5 Å². The fourth-order valence-electron chi connectivity index (χ4n) is 1.28. The van der Waals surface area contributed by atoms with E-state index in [2.05, 4.69) is 5.32 Å². The molecule has 0 fully saturated rings. The third kappa shape index (κ3) is 3.45. The van der Waals surface area contributed by atoms with E-state index < -0.39 is 11.9 Å². The maximum Gasteiger partial charge on any atom is 0.130 e. The number of aliphatic hydroxyl groups is 1. The van der Waals surface area contributed by atoms with Crippen molar-refractivity contribution in [2.75, 3.05) is 6.54 Å². The molecule has 0 radical (unpaired) electrons. The minimum atomic E-state index is -0.916. The quantitative estimate of drug-likeness (QED) is 0.835. The van der Waals surface area contributed by atoms with Crippen LogP contribution in [-0.2, 0) is 0 Å². The zero-order chi connectivity index (χ0) is 11.4. The summed E-state index contributed by atoms with van der Waals surface area (Å²) in [6.07, 6.45) is -0.916. The highest BCUT2D eigenvalue weighted by Gasteiger charge is 2.16. The molecule has 1 aromatic carbocycles. The number of rotatable bonds is 4. The molecule has 1 unspecified atom stereocenters. The van der Waals surface area contributed by atoms with Gasteiger partial charge < -0.3 is 10.4 Å². The molecule has 0 aliphatic heterocycles. The van der Waals surface area contributed by atoms with Gasteiger partial charge in [-0.1, -0.05) is 31.5 Å². The van der Waals surface area contributed by atoms with E-state index >= 15 is 0 Å². The first-order chi connectivity index (χ1) is 7.02. The number of hydrogen-bond donors (Lipinski definition) is 2. The Morgan fingerprint density at radius 2 is 2.13 bits per heavy atom. The van der Waals surface area contributed by atoms with Crippen molar-refractivity contribution in [2.45, 2.75) is 26.0 Å². The summed E-state index contributed by atoms with van der Waals surface area (Å²) in [5.74, 6) is -0.472. The van der Waals surface area contributed by atoms with Gasteiger partial charge in [-0.25, -0.2) is 4.39 Å². The van der Waals surface area contributed by atoms with Crippen molar-refractivity contribution in [2.24, 2.45) is 0 Å². The van der Waals surface area contributed by atoms with Crippen LogP contribution < -0.4 is 5.32 Å². The van der Waals surface area contributed by atoms with Crippen LogP contribution in [0, 0.1) is 5.82 Å². The second-order valence-corrected chi connectivity index (χ2v) is 4.12. The van der Waals surface area contributed by atoms with Crippen molar-refractivity contribution in [3.05, 3.63) is 34.6 Å². The van der Waals surface area contributed by atoms with Gasteiger partial charge in [0, 0.05) is 23.2 Å². The van der Waals surface area contributed by atoms with Crippen molar-refractivity contribution < 1.29 is 9.50 Å². The van der Waals surface area contributed by atoms with Crippen molar-refractivity contribution in [3.8, 4) is 0 Å². The summed E-state index contributed by atoms with van der Waals surface area (Å²) >= 11 is 5.81. The maximum atomic E-state index is 13.4. The van der Waals surface area contributed by atoms with Crippen LogP contribution in [0.25, 0.3) is 0 Å². The first-order valence-electron chi connectivity index (χ1n) is 4.87. The van der Waals surface area contributed by atoms with E-state index in [1.165, 1.54) is 12.1 Å². The molecule has 0 saturated carbocycles. The Balaban J connectivity index is 2.77. The van der Waals surface area contributed by atoms with Crippen molar-refractivity contribution >= 4 is 11.6 Å². The van der Waals surface area contributed by atoms with Gasteiger partial charge in [0.25, 0.3) is 0 Å². The number of halogens is 2. The lowest BCUT2D eigenvalue weighted by atomic mass is 10.1. The summed E-state index contributed by atoms with van der Waals surface area (Å²) < 4.78 is 13.4. The molecule has 0 spiro atoms. The lowest BCUT2D eigenvalue weighted by Crippen LogP contribution is -2.28. The minimum absolute atomic E-state index is 0.160. The van der Waals surface area contributed by atoms with E-state index in [1.807, 2.05) is 13.8 Å². The van der Waals surface area contributed by atoms with Crippen LogP contribution >= 0.6 is 11.6 Å². The molecule has 0 saturated heterocycles. The van der Waals surface area contributed by atoms with Gasteiger partial charge in [-0.3, -0.25) is 0 Å². The standard InChI is InChI=1S/C11H15ClFNO/c1-7(2)14-6-10(15)11-8(12)4-3-5-9(11)13/h3-5,7,10,14-15H,6H2,1-2H3. The van der Waals surface area contributed by atoms with E-state index in [1.54, 1.807) is 6.07 Å². The molecular formula is C11H15ClFNO. The Kier molecular flexibility index (Phi) is 4.51. The molecule has 2 N–H and O–H groups in total. The van der Waals surface area contributed by atoms with E-state index in [0.717, 1.165) is 0 Å². The van der Waals surface area contributed by atoms with Gasteiger partial charge in [0.15, 0.2) is 0 Å². The average Bonchev–Trinajstić information content (AvgIpc) is 2.14. The molecule has 0 aliphatic carbocycles. The van der Waals surface area contributed by atoms with E-state index in [9.17, 15) is 9.50 Å². The Morgan fingerprint density at radius 1 is 1.47 bits per heavy atom. The van der Waals surface area contributed by atoms with Crippen LogP contribution in [0.2, 0.25) is 5.02 Å². The van der Waals surface area contributed by atoms with Crippen molar-refractivity contribution in [1.29, 1.82) is 0 Å². The van der Waals surface area contributed by atoms with Gasteiger partial charge >= 0.3 is 0 Å². The van der Waals surface area contributed by atoms with Crippen LogP contribution in [0.5, 0.6) is 0 Å². The van der Waals surface area contributed by atoms with Crippen LogP contribution in [0.15, 0.2) is 18.2 Å². The number of benzene rings is 1. The molecular weight excluding hydrogens is 217 g/mol. The monoisotopic (exact) mass is 231 g/mol. The molecule has 15 heavy (non-hydrogen) atoms. The smallest absolute Gasteiger partial charge is 0.130 e. The fraction of sp³-hybridized carbons (Fsp3) is 0.455. The normalized spacial score (nSPS) is 13.2. The molecule has 0 amide bonds. The zero-order valence-electron chi connectivity index (χ0n) is 8.80. The summed E-state index contributed by atoms with van der Waals surface area (Å²) in [6.45, 7) is 4.20. The molecule has 0 heterocycles. The Morgan fingerprint density at radius 3 is 2.67 bits per heavy atom.